The van der Waals surface area contributed by atoms with Gasteiger partial charge in [-0.1, -0.05) is 60.7 Å². The molecule has 0 aliphatic rings. The standard InChI is InChI=1S/C26H23F2NO/c27-22-12-9-19(10-13-22)18-30-26-14-11-20-5-1-3-7-23(20)24(26)17-29-16-15-21-6-2-4-8-25(21)28/h1-14,29H,15-18H2. The molecule has 0 aliphatic heterocycles. The molecule has 0 heterocycles. The van der Waals surface area contributed by atoms with Gasteiger partial charge in [0.25, 0.3) is 0 Å². The van der Waals surface area contributed by atoms with Crippen molar-refractivity contribution in [3.05, 3.63) is 113 Å². The van der Waals surface area contributed by atoms with Crippen LogP contribution in [0.4, 0.5) is 8.78 Å². The highest BCUT2D eigenvalue weighted by atomic mass is 19.1. The SMILES string of the molecule is Fc1ccc(COc2ccc3ccccc3c2CNCCc2ccccc2F)cc1. The summed E-state index contributed by atoms with van der Waals surface area (Å²) in [6, 6.07) is 25.4. The van der Waals surface area contributed by atoms with Gasteiger partial charge in [-0.25, -0.2) is 8.78 Å². The quantitative estimate of drug-likeness (QED) is 0.363. The van der Waals surface area contributed by atoms with Gasteiger partial charge in [-0.15, -0.1) is 0 Å². The molecule has 0 radical (unpaired) electrons. The molecule has 0 fully saturated rings. The Kier molecular flexibility index (Phi) is 6.35. The van der Waals surface area contributed by atoms with Crippen LogP contribution in [0.5, 0.6) is 5.75 Å². The van der Waals surface area contributed by atoms with Gasteiger partial charge in [0.05, 0.1) is 0 Å². The first-order valence-corrected chi connectivity index (χ1v) is 10.0. The summed E-state index contributed by atoms with van der Waals surface area (Å²) in [5.41, 5.74) is 2.67. The minimum Gasteiger partial charge on any atom is -0.489 e. The highest BCUT2D eigenvalue weighted by Gasteiger charge is 2.10. The molecule has 0 unspecified atom stereocenters. The summed E-state index contributed by atoms with van der Waals surface area (Å²) in [5, 5.41) is 5.67. The van der Waals surface area contributed by atoms with Gasteiger partial charge in [0.2, 0.25) is 0 Å². The zero-order valence-corrected chi connectivity index (χ0v) is 16.6. The van der Waals surface area contributed by atoms with Crippen LogP contribution in [-0.2, 0) is 19.6 Å². The summed E-state index contributed by atoms with van der Waals surface area (Å²) in [5.74, 6) is 0.355. The number of halogens is 2. The van der Waals surface area contributed by atoms with Gasteiger partial charge in [-0.2, -0.15) is 0 Å². The Bertz CT molecular complexity index is 1130. The number of ether oxygens (including phenoxy) is 1. The molecule has 0 aromatic heterocycles. The van der Waals surface area contributed by atoms with Gasteiger partial charge in [0.1, 0.15) is 24.0 Å². The third kappa shape index (κ3) is 4.84. The number of hydrogen-bond acceptors (Lipinski definition) is 2. The minimum atomic E-state index is -0.260. The maximum Gasteiger partial charge on any atom is 0.126 e. The van der Waals surface area contributed by atoms with Gasteiger partial charge in [-0.3, -0.25) is 0 Å². The lowest BCUT2D eigenvalue weighted by Crippen LogP contribution is -2.18. The number of nitrogens with one attached hydrogen (secondary N) is 1. The van der Waals surface area contributed by atoms with E-state index in [1.54, 1.807) is 18.2 Å². The Balaban J connectivity index is 1.48. The number of benzene rings is 4. The molecule has 0 amide bonds. The van der Waals surface area contributed by atoms with Crippen molar-refractivity contribution < 1.29 is 13.5 Å². The van der Waals surface area contributed by atoms with Gasteiger partial charge in [-0.05, 0) is 59.1 Å². The van der Waals surface area contributed by atoms with Crippen molar-refractivity contribution in [2.45, 2.75) is 19.6 Å². The summed E-state index contributed by atoms with van der Waals surface area (Å²) < 4.78 is 33.0. The van der Waals surface area contributed by atoms with Crippen LogP contribution >= 0.6 is 0 Å². The molecule has 4 rings (SSSR count). The maximum atomic E-state index is 13.8. The first-order valence-electron chi connectivity index (χ1n) is 10.0. The second-order valence-corrected chi connectivity index (χ2v) is 7.20. The lowest BCUT2D eigenvalue weighted by molar-refractivity contribution is 0.302. The topological polar surface area (TPSA) is 21.3 Å². The number of rotatable bonds is 8. The Morgan fingerprint density at radius 1 is 0.767 bits per heavy atom. The van der Waals surface area contributed by atoms with Gasteiger partial charge < -0.3 is 10.1 Å². The molecule has 1 N–H and O–H groups in total. The van der Waals surface area contributed by atoms with Crippen LogP contribution < -0.4 is 10.1 Å². The lowest BCUT2D eigenvalue weighted by atomic mass is 10.0. The molecule has 4 aromatic rings. The van der Waals surface area contributed by atoms with E-state index in [2.05, 4.69) is 17.4 Å². The van der Waals surface area contributed by atoms with Crippen LogP contribution in [0.25, 0.3) is 10.8 Å². The Morgan fingerprint density at radius 3 is 2.37 bits per heavy atom. The average Bonchev–Trinajstić information content (AvgIpc) is 2.78. The molecule has 0 saturated carbocycles. The summed E-state index contributed by atoms with van der Waals surface area (Å²) in [4.78, 5) is 0. The molecule has 152 valence electrons. The molecule has 2 nitrogen and oxygen atoms in total. The maximum absolute atomic E-state index is 13.8. The van der Waals surface area contributed by atoms with Crippen molar-refractivity contribution in [2.75, 3.05) is 6.54 Å². The van der Waals surface area contributed by atoms with E-state index in [1.165, 1.54) is 18.2 Å². The van der Waals surface area contributed by atoms with Crippen molar-refractivity contribution in [1.29, 1.82) is 0 Å². The van der Waals surface area contributed by atoms with Crippen molar-refractivity contribution in [1.82, 2.24) is 5.32 Å². The molecular formula is C26H23F2NO. The first kappa shape index (κ1) is 20.0. The Morgan fingerprint density at radius 2 is 1.53 bits per heavy atom. The summed E-state index contributed by atoms with van der Waals surface area (Å²) in [7, 11) is 0. The summed E-state index contributed by atoms with van der Waals surface area (Å²) in [6.07, 6.45) is 0.614. The van der Waals surface area contributed by atoms with Crippen LogP contribution in [-0.4, -0.2) is 6.54 Å². The van der Waals surface area contributed by atoms with Crippen LogP contribution in [0.15, 0.2) is 84.9 Å². The second kappa shape index (κ2) is 9.51. The Hall–Kier alpha value is -3.24. The van der Waals surface area contributed by atoms with Gasteiger partial charge >= 0.3 is 0 Å². The van der Waals surface area contributed by atoms with E-state index < -0.39 is 0 Å². The fourth-order valence-corrected chi connectivity index (χ4v) is 3.51. The molecule has 30 heavy (non-hydrogen) atoms. The van der Waals surface area contributed by atoms with E-state index in [4.69, 9.17) is 4.74 Å². The van der Waals surface area contributed by atoms with Crippen molar-refractivity contribution >= 4 is 10.8 Å². The zero-order chi connectivity index (χ0) is 20.8. The molecule has 0 bridgehead atoms. The predicted octanol–water partition coefficient (Wildman–Crippen LogP) is 6.03. The van der Waals surface area contributed by atoms with E-state index in [1.807, 2.05) is 36.4 Å². The normalized spacial score (nSPS) is 11.0. The van der Waals surface area contributed by atoms with Crippen LogP contribution in [0.1, 0.15) is 16.7 Å². The Labute approximate surface area is 175 Å². The van der Waals surface area contributed by atoms with Crippen LogP contribution in [0.2, 0.25) is 0 Å². The van der Waals surface area contributed by atoms with E-state index in [9.17, 15) is 8.78 Å². The van der Waals surface area contributed by atoms with E-state index in [0.29, 0.717) is 31.7 Å². The smallest absolute Gasteiger partial charge is 0.126 e. The fourth-order valence-electron chi connectivity index (χ4n) is 3.51. The molecule has 4 aromatic carbocycles. The highest BCUT2D eigenvalue weighted by Crippen LogP contribution is 2.29. The highest BCUT2D eigenvalue weighted by molar-refractivity contribution is 5.87. The molecular weight excluding hydrogens is 380 g/mol. The van der Waals surface area contributed by atoms with Crippen molar-refractivity contribution in [3.63, 3.8) is 0 Å². The van der Waals surface area contributed by atoms with E-state index >= 15 is 0 Å². The summed E-state index contributed by atoms with van der Waals surface area (Å²) >= 11 is 0. The van der Waals surface area contributed by atoms with Crippen molar-refractivity contribution in [3.8, 4) is 5.75 Å². The van der Waals surface area contributed by atoms with Gasteiger partial charge in [0.15, 0.2) is 0 Å². The van der Waals surface area contributed by atoms with Gasteiger partial charge in [0, 0.05) is 12.1 Å². The van der Waals surface area contributed by atoms with Crippen molar-refractivity contribution in [2.24, 2.45) is 0 Å². The lowest BCUT2D eigenvalue weighted by Gasteiger charge is -2.15. The molecule has 0 spiro atoms. The minimum absolute atomic E-state index is 0.173. The second-order valence-electron chi connectivity index (χ2n) is 7.20. The first-order chi connectivity index (χ1) is 14.7. The average molecular weight is 403 g/mol. The number of hydrogen-bond donors (Lipinski definition) is 1. The number of fused-ring (bicyclic) bond motifs is 1. The fraction of sp³-hybridized carbons (Fsp3) is 0.154. The third-order valence-corrected chi connectivity index (χ3v) is 5.14. The third-order valence-electron chi connectivity index (χ3n) is 5.14. The monoisotopic (exact) mass is 403 g/mol. The predicted molar refractivity (Wildman–Crippen MR) is 116 cm³/mol. The molecule has 0 saturated heterocycles. The summed E-state index contributed by atoms with van der Waals surface area (Å²) in [6.45, 7) is 1.62. The van der Waals surface area contributed by atoms with E-state index in [0.717, 1.165) is 27.6 Å². The van der Waals surface area contributed by atoms with E-state index in [-0.39, 0.29) is 11.6 Å². The molecule has 0 atom stereocenters. The zero-order valence-electron chi connectivity index (χ0n) is 16.6. The van der Waals surface area contributed by atoms with Crippen LogP contribution in [0.3, 0.4) is 0 Å². The van der Waals surface area contributed by atoms with Crippen LogP contribution in [0, 0.1) is 11.6 Å². The largest absolute Gasteiger partial charge is 0.489 e. The molecule has 0 aliphatic carbocycles. The molecule has 4 heteroatoms.